The largest absolute Gasteiger partial charge is 0.357 e. The second-order valence-electron chi connectivity index (χ2n) is 7.43. The van der Waals surface area contributed by atoms with E-state index >= 15 is 0 Å². The molecule has 1 amide bonds. The molecule has 0 aromatic carbocycles. The average Bonchev–Trinajstić information content (AvgIpc) is 3.25. The lowest BCUT2D eigenvalue weighted by atomic mass is 9.85. The smallest absolute Gasteiger partial charge is 0.230 e. The van der Waals surface area contributed by atoms with Gasteiger partial charge >= 0.3 is 0 Å². The second kappa shape index (κ2) is 9.59. The van der Waals surface area contributed by atoms with Crippen LogP contribution in [-0.2, 0) is 18.3 Å². The summed E-state index contributed by atoms with van der Waals surface area (Å²) >= 11 is 0. The van der Waals surface area contributed by atoms with Crippen molar-refractivity contribution in [2.45, 2.75) is 45.4 Å². The summed E-state index contributed by atoms with van der Waals surface area (Å²) in [5.74, 6) is 1.02. The molecule has 1 aromatic rings. The highest BCUT2D eigenvalue weighted by Crippen LogP contribution is 2.39. The van der Waals surface area contributed by atoms with Crippen LogP contribution in [-0.4, -0.2) is 60.3 Å². The Kier molecular flexibility index (Phi) is 7.48. The van der Waals surface area contributed by atoms with E-state index in [4.69, 9.17) is 4.99 Å². The Morgan fingerprint density at radius 1 is 1.35 bits per heavy atom. The van der Waals surface area contributed by atoms with Crippen LogP contribution in [0.4, 0.5) is 0 Å². The number of guanidine groups is 1. The molecule has 0 bridgehead atoms. The number of rotatable bonds is 8. The molecule has 7 heteroatoms. The fourth-order valence-electron chi connectivity index (χ4n) is 3.64. The first-order valence-electron chi connectivity index (χ1n) is 9.68. The summed E-state index contributed by atoms with van der Waals surface area (Å²) in [6, 6.07) is 0. The van der Waals surface area contributed by atoms with Gasteiger partial charge in [-0.1, -0.05) is 12.8 Å². The van der Waals surface area contributed by atoms with Crippen molar-refractivity contribution in [2.24, 2.45) is 17.5 Å². The number of amides is 1. The molecule has 0 spiro atoms. The van der Waals surface area contributed by atoms with Crippen molar-refractivity contribution in [1.82, 2.24) is 25.3 Å². The molecule has 2 N–H and O–H groups in total. The Balaban J connectivity index is 1.89. The van der Waals surface area contributed by atoms with Crippen LogP contribution in [0.5, 0.6) is 0 Å². The Morgan fingerprint density at radius 3 is 2.65 bits per heavy atom. The van der Waals surface area contributed by atoms with Crippen molar-refractivity contribution in [3.8, 4) is 0 Å². The van der Waals surface area contributed by atoms with Crippen LogP contribution in [0.3, 0.4) is 0 Å². The van der Waals surface area contributed by atoms with Gasteiger partial charge in [-0.05, 0) is 38.2 Å². The van der Waals surface area contributed by atoms with Crippen LogP contribution in [0.2, 0.25) is 0 Å². The molecule has 1 fully saturated rings. The Bertz CT molecular complexity index is 601. The van der Waals surface area contributed by atoms with Gasteiger partial charge in [0.05, 0.1) is 18.2 Å². The fraction of sp³-hybridized carbons (Fsp3) is 0.737. The molecule has 0 radical (unpaired) electrons. The van der Waals surface area contributed by atoms with Gasteiger partial charge in [-0.25, -0.2) is 0 Å². The lowest BCUT2D eigenvalue weighted by molar-refractivity contribution is -0.138. The average molecular weight is 363 g/mol. The molecule has 26 heavy (non-hydrogen) atoms. The first-order valence-corrected chi connectivity index (χ1v) is 9.68. The second-order valence-corrected chi connectivity index (χ2v) is 7.43. The van der Waals surface area contributed by atoms with Gasteiger partial charge in [0.15, 0.2) is 5.96 Å². The number of hydrogen-bond donors (Lipinski definition) is 2. The van der Waals surface area contributed by atoms with E-state index in [1.807, 2.05) is 32.0 Å². The van der Waals surface area contributed by atoms with Gasteiger partial charge in [0.25, 0.3) is 0 Å². The molecule has 1 heterocycles. The molecule has 0 unspecified atom stereocenters. The lowest BCUT2D eigenvalue weighted by Gasteiger charge is -2.29. The van der Waals surface area contributed by atoms with Gasteiger partial charge in [0.2, 0.25) is 5.91 Å². The quantitative estimate of drug-likeness (QED) is 0.418. The van der Waals surface area contributed by atoms with Gasteiger partial charge < -0.3 is 15.5 Å². The molecule has 1 aliphatic rings. The zero-order valence-electron chi connectivity index (χ0n) is 16.7. The van der Waals surface area contributed by atoms with Crippen molar-refractivity contribution in [1.29, 1.82) is 0 Å². The number of nitrogens with one attached hydrogen (secondary N) is 2. The molecule has 1 aromatic heterocycles. The van der Waals surface area contributed by atoms with Crippen LogP contribution >= 0.6 is 0 Å². The summed E-state index contributed by atoms with van der Waals surface area (Å²) < 4.78 is 1.83. The van der Waals surface area contributed by atoms with E-state index in [0.717, 1.165) is 57.6 Å². The normalized spacial score (nSPS) is 16.5. The van der Waals surface area contributed by atoms with E-state index in [1.165, 1.54) is 5.56 Å². The van der Waals surface area contributed by atoms with E-state index < -0.39 is 0 Å². The highest BCUT2D eigenvalue weighted by atomic mass is 16.2. The van der Waals surface area contributed by atoms with E-state index in [2.05, 4.69) is 28.9 Å². The molecule has 0 aliphatic heterocycles. The minimum atomic E-state index is -0.318. The van der Waals surface area contributed by atoms with Gasteiger partial charge in [-0.3, -0.25) is 14.5 Å². The zero-order chi connectivity index (χ0) is 19.0. The predicted molar refractivity (Wildman–Crippen MR) is 105 cm³/mol. The highest BCUT2D eigenvalue weighted by molar-refractivity contribution is 5.84. The maximum absolute atomic E-state index is 12.7. The molecule has 1 saturated carbocycles. The Morgan fingerprint density at radius 2 is 2.08 bits per heavy atom. The van der Waals surface area contributed by atoms with Crippen molar-refractivity contribution in [2.75, 3.05) is 33.7 Å². The summed E-state index contributed by atoms with van der Waals surface area (Å²) in [5.41, 5.74) is 0.930. The number of hydrogen-bond acceptors (Lipinski definition) is 3. The summed E-state index contributed by atoms with van der Waals surface area (Å²) in [5, 5.41) is 10.9. The first kappa shape index (κ1) is 20.3. The summed E-state index contributed by atoms with van der Waals surface area (Å²) in [7, 11) is 5.62. The molecule has 0 saturated heterocycles. The molecular weight excluding hydrogens is 328 g/mol. The third kappa shape index (κ3) is 5.47. The Hall–Kier alpha value is -2.05. The number of carbonyl (C=O) groups excluding carboxylic acids is 1. The summed E-state index contributed by atoms with van der Waals surface area (Å²) in [6.07, 6.45) is 10.1. The summed E-state index contributed by atoms with van der Waals surface area (Å²) in [4.78, 5) is 19.1. The highest BCUT2D eigenvalue weighted by Gasteiger charge is 2.41. The van der Waals surface area contributed by atoms with Crippen molar-refractivity contribution in [3.63, 3.8) is 0 Å². The number of nitrogens with zero attached hydrogens (tertiary/aromatic N) is 4. The SMILES string of the molecule is CCNC(=NCC1(C(=O)N(C)C)CCCC1)NCCCc1cnn(C)c1. The molecular formula is C19H34N6O. The Labute approximate surface area is 157 Å². The van der Waals surface area contributed by atoms with E-state index in [1.54, 1.807) is 4.90 Å². The maximum atomic E-state index is 12.7. The number of carbonyl (C=O) groups is 1. The lowest BCUT2D eigenvalue weighted by Crippen LogP contribution is -2.43. The van der Waals surface area contributed by atoms with E-state index in [0.29, 0.717) is 6.54 Å². The third-order valence-corrected chi connectivity index (χ3v) is 5.00. The van der Waals surface area contributed by atoms with Crippen LogP contribution < -0.4 is 10.6 Å². The molecule has 146 valence electrons. The fourth-order valence-corrected chi connectivity index (χ4v) is 3.64. The molecule has 0 atom stereocenters. The topological polar surface area (TPSA) is 74.6 Å². The van der Waals surface area contributed by atoms with Crippen molar-refractivity contribution >= 4 is 11.9 Å². The van der Waals surface area contributed by atoms with Crippen molar-refractivity contribution in [3.05, 3.63) is 18.0 Å². The van der Waals surface area contributed by atoms with Crippen LogP contribution in [0, 0.1) is 5.41 Å². The number of aliphatic imine (C=N–C) groups is 1. The first-order chi connectivity index (χ1) is 12.5. The molecule has 7 nitrogen and oxygen atoms in total. The standard InChI is InChI=1S/C19H34N6O/c1-5-20-18(21-12-8-9-16-13-23-25(4)14-16)22-15-19(10-6-7-11-19)17(26)24(2)3/h13-14H,5-12,15H2,1-4H3,(H2,20,21,22). The van der Waals surface area contributed by atoms with Crippen LogP contribution in [0.1, 0.15) is 44.6 Å². The van der Waals surface area contributed by atoms with Gasteiger partial charge in [0, 0.05) is 40.4 Å². The number of aryl methyl sites for hydroxylation is 2. The number of aromatic nitrogens is 2. The van der Waals surface area contributed by atoms with E-state index in [9.17, 15) is 4.79 Å². The van der Waals surface area contributed by atoms with Gasteiger partial charge in [0.1, 0.15) is 0 Å². The monoisotopic (exact) mass is 362 g/mol. The van der Waals surface area contributed by atoms with E-state index in [-0.39, 0.29) is 11.3 Å². The minimum absolute atomic E-state index is 0.214. The zero-order valence-corrected chi connectivity index (χ0v) is 16.7. The van der Waals surface area contributed by atoms with Gasteiger partial charge in [-0.15, -0.1) is 0 Å². The minimum Gasteiger partial charge on any atom is -0.357 e. The van der Waals surface area contributed by atoms with Crippen LogP contribution in [0.15, 0.2) is 17.4 Å². The van der Waals surface area contributed by atoms with Crippen LogP contribution in [0.25, 0.3) is 0 Å². The van der Waals surface area contributed by atoms with Gasteiger partial charge in [-0.2, -0.15) is 5.10 Å². The predicted octanol–water partition coefficient (Wildman–Crippen LogP) is 1.56. The van der Waals surface area contributed by atoms with Crippen molar-refractivity contribution < 1.29 is 4.79 Å². The summed E-state index contributed by atoms with van der Waals surface area (Å²) in [6.45, 7) is 4.27. The molecule has 2 rings (SSSR count). The molecule has 1 aliphatic carbocycles. The maximum Gasteiger partial charge on any atom is 0.230 e. The third-order valence-electron chi connectivity index (χ3n) is 5.00.